The summed E-state index contributed by atoms with van der Waals surface area (Å²) < 4.78 is 0. The van der Waals surface area contributed by atoms with Crippen LogP contribution in [0.4, 0.5) is 5.69 Å². The van der Waals surface area contributed by atoms with Gasteiger partial charge in [0.15, 0.2) is 0 Å². The van der Waals surface area contributed by atoms with Crippen LogP contribution in [-0.4, -0.2) is 13.0 Å². The first-order valence-electron chi connectivity index (χ1n) is 6.25. The lowest BCUT2D eigenvalue weighted by Gasteiger charge is -2.14. The molecule has 100 valence electrons. The Labute approximate surface area is 117 Å². The molecule has 1 atom stereocenters. The molecule has 1 aromatic heterocycles. The average molecular weight is 274 g/mol. The normalized spacial score (nSPS) is 11.9. The maximum Gasteiger partial charge on any atom is 0.251 e. The van der Waals surface area contributed by atoms with Crippen molar-refractivity contribution in [1.29, 1.82) is 0 Å². The fraction of sp³-hybridized carbons (Fsp3) is 0.267. The molecule has 0 aliphatic heterocycles. The van der Waals surface area contributed by atoms with Gasteiger partial charge in [-0.25, -0.2) is 0 Å². The maximum absolute atomic E-state index is 11.4. The number of carbonyl (C=O) groups is 1. The highest BCUT2D eigenvalue weighted by atomic mass is 32.1. The number of rotatable bonds is 4. The Hall–Kier alpha value is -1.81. The van der Waals surface area contributed by atoms with Crippen molar-refractivity contribution in [1.82, 2.24) is 5.32 Å². The van der Waals surface area contributed by atoms with Crippen LogP contribution in [0.25, 0.3) is 0 Å². The van der Waals surface area contributed by atoms with Gasteiger partial charge in [0.05, 0.1) is 6.04 Å². The third kappa shape index (κ3) is 3.35. The zero-order valence-corrected chi connectivity index (χ0v) is 12.2. The first-order chi connectivity index (χ1) is 9.10. The summed E-state index contributed by atoms with van der Waals surface area (Å²) in [6.45, 7) is 4.25. The smallest absolute Gasteiger partial charge is 0.251 e. The highest BCUT2D eigenvalue weighted by molar-refractivity contribution is 7.12. The van der Waals surface area contributed by atoms with Crippen molar-refractivity contribution in [3.8, 4) is 0 Å². The molecule has 0 bridgehead atoms. The monoisotopic (exact) mass is 274 g/mol. The minimum absolute atomic E-state index is 0.0616. The first kappa shape index (κ1) is 13.6. The number of amides is 1. The second-order valence-electron chi connectivity index (χ2n) is 4.47. The molecule has 1 unspecified atom stereocenters. The molecule has 19 heavy (non-hydrogen) atoms. The summed E-state index contributed by atoms with van der Waals surface area (Å²) in [4.78, 5) is 14.1. The van der Waals surface area contributed by atoms with Crippen molar-refractivity contribution < 1.29 is 4.79 Å². The molecule has 2 N–H and O–H groups in total. The molecule has 1 aromatic carbocycles. The molecule has 0 spiro atoms. The SMILES string of the molecule is CNC(=O)c1ccc(NC(C)c2ccc(C)s2)cc1. The van der Waals surface area contributed by atoms with Crippen LogP contribution in [0, 0.1) is 6.92 Å². The topological polar surface area (TPSA) is 41.1 Å². The maximum atomic E-state index is 11.4. The molecule has 2 aromatic rings. The molecular weight excluding hydrogens is 256 g/mol. The largest absolute Gasteiger partial charge is 0.378 e. The third-order valence-electron chi connectivity index (χ3n) is 2.95. The van der Waals surface area contributed by atoms with Crippen molar-refractivity contribution in [2.45, 2.75) is 19.9 Å². The van der Waals surface area contributed by atoms with E-state index in [-0.39, 0.29) is 11.9 Å². The summed E-state index contributed by atoms with van der Waals surface area (Å²) in [5.41, 5.74) is 1.69. The van der Waals surface area contributed by atoms with Gasteiger partial charge in [-0.05, 0) is 50.2 Å². The van der Waals surface area contributed by atoms with Crippen LogP contribution in [-0.2, 0) is 0 Å². The number of hydrogen-bond donors (Lipinski definition) is 2. The molecule has 2 rings (SSSR count). The average Bonchev–Trinajstić information content (AvgIpc) is 2.85. The molecule has 0 radical (unpaired) electrons. The Morgan fingerprint density at radius 2 is 1.84 bits per heavy atom. The van der Waals surface area contributed by atoms with Gasteiger partial charge < -0.3 is 10.6 Å². The molecule has 0 aliphatic carbocycles. The number of anilines is 1. The quantitative estimate of drug-likeness (QED) is 0.894. The summed E-state index contributed by atoms with van der Waals surface area (Å²) in [5.74, 6) is -0.0616. The Morgan fingerprint density at radius 3 is 2.37 bits per heavy atom. The van der Waals surface area contributed by atoms with E-state index in [0.29, 0.717) is 5.56 Å². The molecule has 0 saturated heterocycles. The summed E-state index contributed by atoms with van der Waals surface area (Å²) >= 11 is 1.80. The molecule has 4 heteroatoms. The molecular formula is C15H18N2OS. The van der Waals surface area contributed by atoms with Crippen LogP contribution < -0.4 is 10.6 Å². The summed E-state index contributed by atoms with van der Waals surface area (Å²) in [6.07, 6.45) is 0. The fourth-order valence-corrected chi connectivity index (χ4v) is 2.75. The van der Waals surface area contributed by atoms with Crippen LogP contribution >= 0.6 is 11.3 Å². The minimum atomic E-state index is -0.0616. The highest BCUT2D eigenvalue weighted by Crippen LogP contribution is 2.25. The van der Waals surface area contributed by atoms with E-state index in [1.54, 1.807) is 18.4 Å². The number of carbonyl (C=O) groups excluding carboxylic acids is 1. The predicted octanol–water partition coefficient (Wildman–Crippen LogP) is 3.59. The lowest BCUT2D eigenvalue weighted by molar-refractivity contribution is 0.0963. The van der Waals surface area contributed by atoms with Gasteiger partial charge in [0.1, 0.15) is 0 Å². The zero-order chi connectivity index (χ0) is 13.8. The van der Waals surface area contributed by atoms with E-state index in [4.69, 9.17) is 0 Å². The van der Waals surface area contributed by atoms with Crippen LogP contribution in [0.15, 0.2) is 36.4 Å². The third-order valence-corrected chi connectivity index (χ3v) is 4.13. The van der Waals surface area contributed by atoms with Gasteiger partial charge in [-0.3, -0.25) is 4.79 Å². The Kier molecular flexibility index (Phi) is 4.22. The van der Waals surface area contributed by atoms with Crippen molar-refractivity contribution in [2.24, 2.45) is 0 Å². The second kappa shape index (κ2) is 5.89. The highest BCUT2D eigenvalue weighted by Gasteiger charge is 2.08. The zero-order valence-electron chi connectivity index (χ0n) is 11.4. The van der Waals surface area contributed by atoms with Crippen molar-refractivity contribution in [3.63, 3.8) is 0 Å². The fourth-order valence-electron chi connectivity index (χ4n) is 1.87. The van der Waals surface area contributed by atoms with Gasteiger partial charge >= 0.3 is 0 Å². The number of benzene rings is 1. The number of nitrogens with one attached hydrogen (secondary N) is 2. The van der Waals surface area contributed by atoms with Crippen molar-refractivity contribution in [3.05, 3.63) is 51.7 Å². The summed E-state index contributed by atoms with van der Waals surface area (Å²) in [7, 11) is 1.63. The van der Waals surface area contributed by atoms with E-state index in [9.17, 15) is 4.79 Å². The summed E-state index contributed by atoms with van der Waals surface area (Å²) in [5, 5.41) is 6.05. The van der Waals surface area contributed by atoms with Gasteiger partial charge in [0.25, 0.3) is 5.91 Å². The Bertz CT molecular complexity index is 560. The first-order valence-corrected chi connectivity index (χ1v) is 7.07. The van der Waals surface area contributed by atoms with Gasteiger partial charge in [-0.1, -0.05) is 0 Å². The Morgan fingerprint density at radius 1 is 1.16 bits per heavy atom. The molecule has 1 amide bonds. The standard InChI is InChI=1S/C15H18N2OS/c1-10-4-9-14(19-10)11(2)17-13-7-5-12(6-8-13)15(18)16-3/h4-9,11,17H,1-3H3,(H,16,18). The van der Waals surface area contributed by atoms with Crippen LogP contribution in [0.2, 0.25) is 0 Å². The van der Waals surface area contributed by atoms with E-state index in [0.717, 1.165) is 5.69 Å². The van der Waals surface area contributed by atoms with E-state index in [1.165, 1.54) is 9.75 Å². The molecule has 3 nitrogen and oxygen atoms in total. The lowest BCUT2D eigenvalue weighted by Crippen LogP contribution is -2.17. The summed E-state index contributed by atoms with van der Waals surface area (Å²) in [6, 6.07) is 12.1. The van der Waals surface area contributed by atoms with Crippen molar-refractivity contribution >= 4 is 22.9 Å². The van der Waals surface area contributed by atoms with E-state index in [1.807, 2.05) is 24.3 Å². The Balaban J connectivity index is 2.05. The van der Waals surface area contributed by atoms with Gasteiger partial charge in [-0.2, -0.15) is 0 Å². The molecule has 1 heterocycles. The number of thiophene rings is 1. The second-order valence-corrected chi connectivity index (χ2v) is 5.79. The van der Waals surface area contributed by atoms with Crippen LogP contribution in [0.1, 0.15) is 33.1 Å². The van der Waals surface area contributed by atoms with E-state index in [2.05, 4.69) is 36.6 Å². The predicted molar refractivity (Wildman–Crippen MR) is 80.9 cm³/mol. The van der Waals surface area contributed by atoms with E-state index < -0.39 is 0 Å². The minimum Gasteiger partial charge on any atom is -0.378 e. The number of hydrogen-bond acceptors (Lipinski definition) is 3. The molecule has 0 aliphatic rings. The van der Waals surface area contributed by atoms with Gasteiger partial charge in [-0.15, -0.1) is 11.3 Å². The van der Waals surface area contributed by atoms with Gasteiger partial charge in [0.2, 0.25) is 0 Å². The number of aryl methyl sites for hydroxylation is 1. The van der Waals surface area contributed by atoms with Gasteiger partial charge in [0, 0.05) is 28.1 Å². The molecule has 0 fully saturated rings. The lowest BCUT2D eigenvalue weighted by atomic mass is 10.2. The van der Waals surface area contributed by atoms with E-state index >= 15 is 0 Å². The molecule has 0 saturated carbocycles. The van der Waals surface area contributed by atoms with Crippen LogP contribution in [0.3, 0.4) is 0 Å². The van der Waals surface area contributed by atoms with Crippen LogP contribution in [0.5, 0.6) is 0 Å². The van der Waals surface area contributed by atoms with Crippen molar-refractivity contribution in [2.75, 3.05) is 12.4 Å².